The van der Waals surface area contributed by atoms with Crippen molar-refractivity contribution in [2.45, 2.75) is 11.3 Å². The van der Waals surface area contributed by atoms with Crippen molar-refractivity contribution in [3.8, 4) is 5.75 Å². The average molecular weight is 491 g/mol. The predicted octanol–water partition coefficient (Wildman–Crippen LogP) is 5.78. The number of hydrogen-bond donors (Lipinski definition) is 2. The zero-order valence-electron chi connectivity index (χ0n) is 17.1. The summed E-state index contributed by atoms with van der Waals surface area (Å²) in [6, 6.07) is 15.3. The molecule has 166 valence electrons. The molecule has 9 heteroatoms. The molecule has 0 aliphatic rings. The average Bonchev–Trinajstić information content (AvgIpc) is 2.76. The minimum absolute atomic E-state index is 0.0132. The van der Waals surface area contributed by atoms with Crippen LogP contribution in [0.1, 0.15) is 15.9 Å². The molecule has 0 saturated carbocycles. The summed E-state index contributed by atoms with van der Waals surface area (Å²) in [5, 5.41) is 3.33. The van der Waals surface area contributed by atoms with Gasteiger partial charge < -0.3 is 10.1 Å². The van der Waals surface area contributed by atoms with Gasteiger partial charge in [-0.05, 0) is 72.6 Å². The molecule has 0 radical (unpaired) electrons. The third-order valence-electron chi connectivity index (χ3n) is 4.50. The third kappa shape index (κ3) is 5.62. The van der Waals surface area contributed by atoms with E-state index in [9.17, 15) is 13.2 Å². The number of sulfonamides is 1. The van der Waals surface area contributed by atoms with Gasteiger partial charge >= 0.3 is 0 Å². The lowest BCUT2D eigenvalue weighted by Crippen LogP contribution is -2.14. The first-order chi connectivity index (χ1) is 15.2. The smallest absolute Gasteiger partial charge is 0.261 e. The van der Waals surface area contributed by atoms with Crippen LogP contribution in [0.5, 0.6) is 5.75 Å². The molecular formula is C23H20Cl2N2O4S. The Kier molecular flexibility index (Phi) is 7.45. The van der Waals surface area contributed by atoms with E-state index in [0.29, 0.717) is 28.4 Å². The van der Waals surface area contributed by atoms with Crippen LogP contribution in [-0.4, -0.2) is 21.4 Å². The first-order valence-corrected chi connectivity index (χ1v) is 11.6. The summed E-state index contributed by atoms with van der Waals surface area (Å²) >= 11 is 11.9. The van der Waals surface area contributed by atoms with E-state index in [1.165, 1.54) is 42.5 Å². The van der Waals surface area contributed by atoms with Crippen LogP contribution >= 0.6 is 23.2 Å². The van der Waals surface area contributed by atoms with E-state index in [2.05, 4.69) is 16.6 Å². The van der Waals surface area contributed by atoms with Crippen molar-refractivity contribution in [2.75, 3.05) is 17.1 Å². The highest BCUT2D eigenvalue weighted by atomic mass is 35.5. The topological polar surface area (TPSA) is 84.5 Å². The molecule has 0 bridgehead atoms. The van der Waals surface area contributed by atoms with Gasteiger partial charge in [0, 0.05) is 16.3 Å². The summed E-state index contributed by atoms with van der Waals surface area (Å²) in [5.74, 6) is 0.337. The van der Waals surface area contributed by atoms with Gasteiger partial charge in [-0.3, -0.25) is 9.52 Å². The van der Waals surface area contributed by atoms with Gasteiger partial charge in [0.15, 0.2) is 0 Å². The Balaban J connectivity index is 1.74. The Labute approximate surface area is 196 Å². The van der Waals surface area contributed by atoms with E-state index in [4.69, 9.17) is 27.9 Å². The second-order valence-corrected chi connectivity index (χ2v) is 9.25. The van der Waals surface area contributed by atoms with Crippen molar-refractivity contribution in [3.63, 3.8) is 0 Å². The Bertz CT molecular complexity index is 1260. The van der Waals surface area contributed by atoms with Crippen molar-refractivity contribution in [2.24, 2.45) is 0 Å². The molecule has 3 rings (SSSR count). The quantitative estimate of drug-likeness (QED) is 0.391. The SMILES string of the molecule is C=CCc1cc(C(=O)Nc2ccc(S(=O)(=O)Nc3ccc(Cl)cc3Cl)cc2)ccc1OC. The van der Waals surface area contributed by atoms with E-state index in [-0.39, 0.29) is 21.5 Å². The summed E-state index contributed by atoms with van der Waals surface area (Å²) in [4.78, 5) is 12.6. The lowest BCUT2D eigenvalue weighted by atomic mass is 10.1. The molecule has 0 atom stereocenters. The molecule has 0 heterocycles. The highest BCUT2D eigenvalue weighted by Crippen LogP contribution is 2.28. The lowest BCUT2D eigenvalue weighted by molar-refractivity contribution is 0.102. The molecule has 2 N–H and O–H groups in total. The third-order valence-corrected chi connectivity index (χ3v) is 6.43. The zero-order valence-corrected chi connectivity index (χ0v) is 19.4. The largest absolute Gasteiger partial charge is 0.496 e. The van der Waals surface area contributed by atoms with Gasteiger partial charge in [0.05, 0.1) is 22.7 Å². The molecule has 0 aliphatic heterocycles. The van der Waals surface area contributed by atoms with Crippen LogP contribution in [-0.2, 0) is 16.4 Å². The molecule has 0 fully saturated rings. The van der Waals surface area contributed by atoms with Crippen LogP contribution in [0, 0.1) is 0 Å². The summed E-state index contributed by atoms with van der Waals surface area (Å²) in [6.45, 7) is 3.71. The van der Waals surface area contributed by atoms with E-state index in [0.717, 1.165) is 5.56 Å². The highest BCUT2D eigenvalue weighted by Gasteiger charge is 2.17. The highest BCUT2D eigenvalue weighted by molar-refractivity contribution is 7.92. The predicted molar refractivity (Wildman–Crippen MR) is 129 cm³/mol. The van der Waals surface area contributed by atoms with Gasteiger partial charge in [-0.2, -0.15) is 0 Å². The van der Waals surface area contributed by atoms with Gasteiger partial charge in [0.1, 0.15) is 5.75 Å². The summed E-state index contributed by atoms with van der Waals surface area (Å²) in [5.41, 5.74) is 1.93. The lowest BCUT2D eigenvalue weighted by Gasteiger charge is -2.12. The zero-order chi connectivity index (χ0) is 23.3. The van der Waals surface area contributed by atoms with Crippen molar-refractivity contribution in [1.82, 2.24) is 0 Å². The van der Waals surface area contributed by atoms with Gasteiger partial charge in [0.25, 0.3) is 15.9 Å². The molecule has 0 unspecified atom stereocenters. The molecule has 0 saturated heterocycles. The summed E-state index contributed by atoms with van der Waals surface area (Å²) in [6.07, 6.45) is 2.28. The van der Waals surface area contributed by atoms with Crippen LogP contribution < -0.4 is 14.8 Å². The number of benzene rings is 3. The molecule has 3 aromatic carbocycles. The van der Waals surface area contributed by atoms with Gasteiger partial charge in [-0.1, -0.05) is 29.3 Å². The maximum absolute atomic E-state index is 12.6. The van der Waals surface area contributed by atoms with Crippen LogP contribution in [0.3, 0.4) is 0 Å². The normalized spacial score (nSPS) is 11.0. The van der Waals surface area contributed by atoms with E-state index >= 15 is 0 Å². The monoisotopic (exact) mass is 490 g/mol. The van der Waals surface area contributed by atoms with Crippen molar-refractivity contribution in [3.05, 3.63) is 94.5 Å². The molecule has 3 aromatic rings. The number of amides is 1. The Hall–Kier alpha value is -3.00. The second kappa shape index (κ2) is 10.1. The minimum Gasteiger partial charge on any atom is -0.496 e. The number of carbonyl (C=O) groups excluding carboxylic acids is 1. The Morgan fingerprint density at radius 1 is 1.06 bits per heavy atom. The van der Waals surface area contributed by atoms with Gasteiger partial charge in [-0.25, -0.2) is 8.42 Å². The van der Waals surface area contributed by atoms with Crippen molar-refractivity contribution < 1.29 is 17.9 Å². The van der Waals surface area contributed by atoms with Crippen LogP contribution in [0.15, 0.2) is 78.2 Å². The second-order valence-electron chi connectivity index (χ2n) is 6.73. The number of carbonyl (C=O) groups is 1. The molecule has 0 aliphatic carbocycles. The number of methoxy groups -OCH3 is 1. The fraction of sp³-hybridized carbons (Fsp3) is 0.0870. The van der Waals surface area contributed by atoms with E-state index < -0.39 is 10.0 Å². The fourth-order valence-corrected chi connectivity index (χ4v) is 4.52. The molecule has 6 nitrogen and oxygen atoms in total. The van der Waals surface area contributed by atoms with Gasteiger partial charge in [-0.15, -0.1) is 6.58 Å². The van der Waals surface area contributed by atoms with E-state index in [1.807, 2.05) is 0 Å². The molecule has 0 spiro atoms. The van der Waals surface area contributed by atoms with Crippen molar-refractivity contribution >= 4 is 50.5 Å². The number of ether oxygens (including phenoxy) is 1. The maximum Gasteiger partial charge on any atom is 0.261 e. The standard InChI is InChI=1S/C23H20Cl2N2O4S/c1-3-4-15-13-16(5-12-22(15)31-2)23(28)26-18-7-9-19(10-8-18)32(29,30)27-21-11-6-17(24)14-20(21)25/h3,5-14,27H,1,4H2,2H3,(H,26,28). The Morgan fingerprint density at radius 3 is 2.41 bits per heavy atom. The fourth-order valence-electron chi connectivity index (χ4n) is 2.93. The van der Waals surface area contributed by atoms with E-state index in [1.54, 1.807) is 31.4 Å². The molecule has 32 heavy (non-hydrogen) atoms. The number of allylic oxidation sites excluding steroid dienone is 1. The first kappa shape index (κ1) is 23.7. The van der Waals surface area contributed by atoms with Crippen LogP contribution in [0.4, 0.5) is 11.4 Å². The number of rotatable bonds is 8. The van der Waals surface area contributed by atoms with Crippen LogP contribution in [0.25, 0.3) is 0 Å². The molecule has 0 aromatic heterocycles. The maximum atomic E-state index is 12.6. The van der Waals surface area contributed by atoms with Crippen LogP contribution in [0.2, 0.25) is 10.0 Å². The summed E-state index contributed by atoms with van der Waals surface area (Å²) < 4.78 is 33.0. The minimum atomic E-state index is -3.88. The number of nitrogens with one attached hydrogen (secondary N) is 2. The Morgan fingerprint density at radius 2 is 1.78 bits per heavy atom. The van der Waals surface area contributed by atoms with Crippen molar-refractivity contribution in [1.29, 1.82) is 0 Å². The molecule has 1 amide bonds. The number of hydrogen-bond acceptors (Lipinski definition) is 4. The molecular weight excluding hydrogens is 471 g/mol. The first-order valence-electron chi connectivity index (χ1n) is 9.40. The number of halogens is 2. The summed E-state index contributed by atoms with van der Waals surface area (Å²) in [7, 11) is -2.32. The number of anilines is 2. The van der Waals surface area contributed by atoms with Gasteiger partial charge in [0.2, 0.25) is 0 Å².